The van der Waals surface area contributed by atoms with Crippen molar-refractivity contribution < 1.29 is 0 Å². The summed E-state index contributed by atoms with van der Waals surface area (Å²) < 4.78 is 0. The third-order valence-corrected chi connectivity index (χ3v) is 2.49. The molecule has 0 spiro atoms. The van der Waals surface area contributed by atoms with Crippen LogP contribution < -0.4 is 0 Å². The van der Waals surface area contributed by atoms with E-state index in [1.165, 1.54) is 0 Å². The zero-order chi connectivity index (χ0) is 7.72. The van der Waals surface area contributed by atoms with Crippen LogP contribution >= 0.6 is 24.4 Å². The summed E-state index contributed by atoms with van der Waals surface area (Å²) >= 11 is 10.1. The van der Waals surface area contributed by atoms with Crippen LogP contribution in [0.25, 0.3) is 0 Å². The lowest BCUT2D eigenvalue weighted by Gasteiger charge is -2.33. The quantitative estimate of drug-likeness (QED) is 0.502. The SMILES string of the molecule is CN1CN(C)C(=S)CC1=S. The molecule has 10 heavy (non-hydrogen) atoms. The standard InChI is InChI=1S/C6H10N2S2/c1-7-4-8(2)6(10)3-5(7)9/h3-4H2,1-2H3. The molecular weight excluding hydrogens is 164 g/mol. The van der Waals surface area contributed by atoms with E-state index in [0.717, 1.165) is 23.1 Å². The van der Waals surface area contributed by atoms with Gasteiger partial charge in [-0.05, 0) is 0 Å². The Labute approximate surface area is 71.8 Å². The van der Waals surface area contributed by atoms with E-state index < -0.39 is 0 Å². The van der Waals surface area contributed by atoms with E-state index in [1.54, 1.807) is 0 Å². The molecule has 1 saturated heterocycles. The number of rotatable bonds is 0. The van der Waals surface area contributed by atoms with Crippen LogP contribution in [-0.4, -0.2) is 40.5 Å². The van der Waals surface area contributed by atoms with E-state index in [1.807, 2.05) is 23.9 Å². The molecule has 56 valence electrons. The van der Waals surface area contributed by atoms with Gasteiger partial charge in [-0.25, -0.2) is 0 Å². The van der Waals surface area contributed by atoms with Gasteiger partial charge in [0.1, 0.15) is 0 Å². The minimum atomic E-state index is 0.762. The van der Waals surface area contributed by atoms with Gasteiger partial charge >= 0.3 is 0 Å². The zero-order valence-corrected chi connectivity index (χ0v) is 7.76. The second kappa shape index (κ2) is 2.80. The fourth-order valence-electron chi connectivity index (χ4n) is 0.875. The highest BCUT2D eigenvalue weighted by Crippen LogP contribution is 2.07. The second-order valence-electron chi connectivity index (χ2n) is 2.50. The van der Waals surface area contributed by atoms with Gasteiger partial charge in [-0.3, -0.25) is 0 Å². The van der Waals surface area contributed by atoms with E-state index >= 15 is 0 Å². The third-order valence-electron chi connectivity index (χ3n) is 1.58. The molecule has 0 unspecified atom stereocenters. The van der Waals surface area contributed by atoms with Crippen molar-refractivity contribution in [2.75, 3.05) is 20.8 Å². The summed E-state index contributed by atoms with van der Waals surface area (Å²) in [5.41, 5.74) is 0. The fourth-order valence-corrected chi connectivity index (χ4v) is 1.36. The molecule has 0 aliphatic carbocycles. The molecule has 1 heterocycles. The molecule has 1 fully saturated rings. The normalized spacial score (nSPS) is 20.2. The highest BCUT2D eigenvalue weighted by atomic mass is 32.1. The molecule has 0 aromatic heterocycles. The maximum absolute atomic E-state index is 5.07. The predicted molar refractivity (Wildman–Crippen MR) is 50.2 cm³/mol. The topological polar surface area (TPSA) is 6.48 Å². The first-order valence-corrected chi connectivity index (χ1v) is 3.91. The molecule has 0 aromatic rings. The molecule has 1 aliphatic rings. The van der Waals surface area contributed by atoms with Gasteiger partial charge in [0.25, 0.3) is 0 Å². The molecule has 4 heteroatoms. The molecule has 1 rings (SSSR count). The van der Waals surface area contributed by atoms with Gasteiger partial charge in [0.15, 0.2) is 0 Å². The lowest BCUT2D eigenvalue weighted by Crippen LogP contribution is -2.45. The Morgan fingerprint density at radius 3 is 1.80 bits per heavy atom. The highest BCUT2D eigenvalue weighted by molar-refractivity contribution is 7.82. The van der Waals surface area contributed by atoms with Crippen molar-refractivity contribution >= 4 is 34.4 Å². The Bertz CT molecular complexity index is 161. The minimum absolute atomic E-state index is 0.762. The van der Waals surface area contributed by atoms with Crippen LogP contribution in [0.4, 0.5) is 0 Å². The number of hydrogen-bond acceptors (Lipinski definition) is 2. The van der Waals surface area contributed by atoms with Crippen LogP contribution in [0.2, 0.25) is 0 Å². The maximum atomic E-state index is 5.07. The lowest BCUT2D eigenvalue weighted by atomic mass is 10.3. The Hall–Kier alpha value is -0.220. The molecule has 2 nitrogen and oxygen atoms in total. The molecule has 0 bridgehead atoms. The molecule has 0 atom stereocenters. The van der Waals surface area contributed by atoms with Crippen LogP contribution in [0.15, 0.2) is 0 Å². The number of hydrogen-bond donors (Lipinski definition) is 0. The first-order chi connectivity index (χ1) is 4.61. The minimum Gasteiger partial charge on any atom is -0.351 e. The van der Waals surface area contributed by atoms with Crippen molar-refractivity contribution in [3.8, 4) is 0 Å². The summed E-state index contributed by atoms with van der Waals surface area (Å²) in [7, 11) is 3.97. The van der Waals surface area contributed by atoms with E-state index in [-0.39, 0.29) is 0 Å². The van der Waals surface area contributed by atoms with Crippen LogP contribution in [0, 0.1) is 0 Å². The number of nitrogens with zero attached hydrogens (tertiary/aromatic N) is 2. The zero-order valence-electron chi connectivity index (χ0n) is 6.13. The van der Waals surface area contributed by atoms with Gasteiger partial charge in [0.05, 0.1) is 16.6 Å². The van der Waals surface area contributed by atoms with Crippen LogP contribution in [-0.2, 0) is 0 Å². The summed E-state index contributed by atoms with van der Waals surface area (Å²) in [6.07, 6.45) is 0.762. The van der Waals surface area contributed by atoms with Crippen LogP contribution in [0.3, 0.4) is 0 Å². The maximum Gasteiger partial charge on any atom is 0.0905 e. The molecule has 1 aliphatic heterocycles. The average Bonchev–Trinajstić information content (AvgIpc) is 1.84. The molecule has 0 N–H and O–H groups in total. The van der Waals surface area contributed by atoms with Gasteiger partial charge in [0.2, 0.25) is 0 Å². The molecule has 0 aromatic carbocycles. The van der Waals surface area contributed by atoms with E-state index in [0.29, 0.717) is 0 Å². The Morgan fingerprint density at radius 1 is 1.10 bits per heavy atom. The first-order valence-electron chi connectivity index (χ1n) is 3.09. The summed E-state index contributed by atoms with van der Waals surface area (Å²) in [5, 5.41) is 0. The average molecular weight is 174 g/mol. The van der Waals surface area contributed by atoms with Crippen molar-refractivity contribution in [2.45, 2.75) is 6.42 Å². The van der Waals surface area contributed by atoms with E-state index in [9.17, 15) is 0 Å². The molecule has 0 radical (unpaired) electrons. The van der Waals surface area contributed by atoms with Gasteiger partial charge in [-0.15, -0.1) is 0 Å². The summed E-state index contributed by atoms with van der Waals surface area (Å²) in [6.45, 7) is 0.831. The Morgan fingerprint density at radius 2 is 1.50 bits per heavy atom. The lowest BCUT2D eigenvalue weighted by molar-refractivity contribution is 0.331. The van der Waals surface area contributed by atoms with Gasteiger partial charge in [-0.1, -0.05) is 24.4 Å². The predicted octanol–water partition coefficient (Wildman–Crippen LogP) is 0.866. The highest BCUT2D eigenvalue weighted by Gasteiger charge is 2.17. The van der Waals surface area contributed by atoms with Crippen molar-refractivity contribution in [3.63, 3.8) is 0 Å². The van der Waals surface area contributed by atoms with Crippen LogP contribution in [0.1, 0.15) is 6.42 Å². The summed E-state index contributed by atoms with van der Waals surface area (Å²) in [5.74, 6) is 0. The largest absolute Gasteiger partial charge is 0.351 e. The van der Waals surface area contributed by atoms with Gasteiger partial charge in [-0.2, -0.15) is 0 Å². The smallest absolute Gasteiger partial charge is 0.0905 e. The van der Waals surface area contributed by atoms with Crippen LogP contribution in [0.5, 0.6) is 0 Å². The summed E-state index contributed by atoms with van der Waals surface area (Å²) in [4.78, 5) is 5.96. The third kappa shape index (κ3) is 1.44. The van der Waals surface area contributed by atoms with Crippen molar-refractivity contribution in [3.05, 3.63) is 0 Å². The fraction of sp³-hybridized carbons (Fsp3) is 0.667. The van der Waals surface area contributed by atoms with Gasteiger partial charge < -0.3 is 9.80 Å². The van der Waals surface area contributed by atoms with Crippen molar-refractivity contribution in [1.82, 2.24) is 9.80 Å². The van der Waals surface area contributed by atoms with Gasteiger partial charge in [0, 0.05) is 20.5 Å². The monoisotopic (exact) mass is 174 g/mol. The molecule has 0 saturated carbocycles. The van der Waals surface area contributed by atoms with Crippen molar-refractivity contribution in [1.29, 1.82) is 0 Å². The van der Waals surface area contributed by atoms with E-state index in [2.05, 4.69) is 0 Å². The summed E-state index contributed by atoms with van der Waals surface area (Å²) in [6, 6.07) is 0. The van der Waals surface area contributed by atoms with Crippen molar-refractivity contribution in [2.24, 2.45) is 0 Å². The Kier molecular flexibility index (Phi) is 2.21. The Balaban J connectivity index is 2.63. The number of thiocarbonyl (C=S) groups is 2. The first kappa shape index (κ1) is 7.88. The van der Waals surface area contributed by atoms with E-state index in [4.69, 9.17) is 24.4 Å². The molecule has 0 amide bonds. The second-order valence-corrected chi connectivity index (χ2v) is 3.44. The molecular formula is C6H10N2S2.